The van der Waals surface area contributed by atoms with Crippen molar-refractivity contribution in [1.29, 1.82) is 0 Å². The summed E-state index contributed by atoms with van der Waals surface area (Å²) < 4.78 is 7.07. The second-order valence-corrected chi connectivity index (χ2v) is 7.81. The second-order valence-electron chi connectivity index (χ2n) is 7.81. The average Bonchev–Trinajstić information content (AvgIpc) is 2.85. The Morgan fingerprint density at radius 2 is 2.00 bits per heavy atom. The molecule has 0 aliphatic rings. The van der Waals surface area contributed by atoms with Gasteiger partial charge in [0.25, 0.3) is 0 Å². The fourth-order valence-electron chi connectivity index (χ4n) is 2.27. The quantitative estimate of drug-likeness (QED) is 0.246. The van der Waals surface area contributed by atoms with E-state index in [9.17, 15) is 0 Å². The van der Waals surface area contributed by atoms with Gasteiger partial charge in [-0.3, -0.25) is 0 Å². The molecule has 2 N–H and O–H groups in total. The van der Waals surface area contributed by atoms with Crippen molar-refractivity contribution in [3.8, 4) is 0 Å². The summed E-state index contributed by atoms with van der Waals surface area (Å²) in [5.41, 5.74) is 0.343. The summed E-state index contributed by atoms with van der Waals surface area (Å²) in [4.78, 5) is 4.68. The van der Waals surface area contributed by atoms with Crippen molar-refractivity contribution >= 4 is 29.9 Å². The monoisotopic (exact) mass is 480 g/mol. The van der Waals surface area contributed by atoms with Crippen LogP contribution in [0.5, 0.6) is 0 Å². The molecule has 1 atom stereocenters. The van der Waals surface area contributed by atoms with E-state index >= 15 is 0 Å². The van der Waals surface area contributed by atoms with Crippen LogP contribution >= 0.6 is 24.0 Å². The Bertz CT molecular complexity index is 538. The van der Waals surface area contributed by atoms with Crippen LogP contribution in [-0.2, 0) is 18.3 Å². The van der Waals surface area contributed by atoms with Crippen molar-refractivity contribution in [3.05, 3.63) is 11.6 Å². The maximum absolute atomic E-state index is 5.11. The zero-order valence-electron chi connectivity index (χ0n) is 17.4. The summed E-state index contributed by atoms with van der Waals surface area (Å²) in [6.45, 7) is 13.0. The highest BCUT2D eigenvalue weighted by Crippen LogP contribution is 2.21. The molecule has 0 aliphatic carbocycles. The minimum Gasteiger partial charge on any atom is -0.385 e. The molecule has 0 radical (unpaired) electrons. The van der Waals surface area contributed by atoms with Gasteiger partial charge in [0.05, 0.1) is 0 Å². The van der Waals surface area contributed by atoms with Crippen molar-refractivity contribution < 1.29 is 4.74 Å². The highest BCUT2D eigenvalue weighted by molar-refractivity contribution is 14.0. The molecule has 0 fully saturated rings. The van der Waals surface area contributed by atoms with E-state index in [1.165, 1.54) is 6.42 Å². The van der Waals surface area contributed by atoms with Crippen LogP contribution in [0.15, 0.2) is 4.99 Å². The zero-order chi connectivity index (χ0) is 18.9. The van der Waals surface area contributed by atoms with E-state index in [1.807, 2.05) is 18.5 Å². The number of methoxy groups -OCH3 is 1. The van der Waals surface area contributed by atoms with E-state index in [1.54, 1.807) is 7.11 Å². The third kappa shape index (κ3) is 10.3. The molecule has 1 aromatic heterocycles. The third-order valence-corrected chi connectivity index (χ3v) is 4.09. The standard InChI is InChI=1S/C18H36N6O.HI/c1-14(9-10-18(3,4)5)21-17(19-11-8-12-25-7)20-13-16-23-22-15(2)24(16)6;/h14H,8-13H2,1-7H3,(H2,19,20,21);1H. The lowest BCUT2D eigenvalue weighted by atomic mass is 9.89. The molecule has 1 rings (SSSR count). The summed E-state index contributed by atoms with van der Waals surface area (Å²) >= 11 is 0. The summed E-state index contributed by atoms with van der Waals surface area (Å²) in [7, 11) is 3.68. The third-order valence-electron chi connectivity index (χ3n) is 4.09. The summed E-state index contributed by atoms with van der Waals surface area (Å²) in [6.07, 6.45) is 3.21. The first-order valence-electron chi connectivity index (χ1n) is 9.11. The van der Waals surface area contributed by atoms with Gasteiger partial charge in [0.2, 0.25) is 0 Å². The van der Waals surface area contributed by atoms with Crippen LogP contribution in [0.4, 0.5) is 0 Å². The lowest BCUT2D eigenvalue weighted by Gasteiger charge is -2.23. The maximum Gasteiger partial charge on any atom is 0.191 e. The van der Waals surface area contributed by atoms with Crippen molar-refractivity contribution in [2.24, 2.45) is 17.5 Å². The Morgan fingerprint density at radius 3 is 2.54 bits per heavy atom. The molecule has 0 saturated heterocycles. The van der Waals surface area contributed by atoms with Gasteiger partial charge in [0.15, 0.2) is 11.8 Å². The molecule has 7 nitrogen and oxygen atoms in total. The highest BCUT2D eigenvalue weighted by atomic mass is 127. The van der Waals surface area contributed by atoms with E-state index in [2.05, 4.69) is 53.5 Å². The van der Waals surface area contributed by atoms with Gasteiger partial charge >= 0.3 is 0 Å². The molecular formula is C18H37IN6O. The summed E-state index contributed by atoms with van der Waals surface area (Å²) in [6, 6.07) is 0.356. The summed E-state index contributed by atoms with van der Waals surface area (Å²) in [5.74, 6) is 2.57. The number of hydrogen-bond donors (Lipinski definition) is 2. The molecule has 1 unspecified atom stereocenters. The highest BCUT2D eigenvalue weighted by Gasteiger charge is 2.13. The number of nitrogens with one attached hydrogen (secondary N) is 2. The largest absolute Gasteiger partial charge is 0.385 e. The Kier molecular flexibility index (Phi) is 12.0. The molecule has 8 heteroatoms. The van der Waals surface area contributed by atoms with Crippen LogP contribution in [0.1, 0.15) is 58.6 Å². The van der Waals surface area contributed by atoms with Gasteiger partial charge in [-0.15, -0.1) is 34.2 Å². The first-order chi connectivity index (χ1) is 11.7. The molecule has 0 aliphatic heterocycles. The fourth-order valence-corrected chi connectivity index (χ4v) is 2.27. The van der Waals surface area contributed by atoms with Gasteiger partial charge in [-0.25, -0.2) is 4.99 Å². The smallest absolute Gasteiger partial charge is 0.191 e. The van der Waals surface area contributed by atoms with Gasteiger partial charge in [-0.2, -0.15) is 0 Å². The number of aryl methyl sites for hydroxylation is 1. The van der Waals surface area contributed by atoms with Gasteiger partial charge in [-0.05, 0) is 38.5 Å². The predicted molar refractivity (Wildman–Crippen MR) is 118 cm³/mol. The van der Waals surface area contributed by atoms with Crippen LogP contribution in [0.25, 0.3) is 0 Å². The lowest BCUT2D eigenvalue weighted by molar-refractivity contribution is 0.195. The Labute approximate surface area is 175 Å². The first kappa shape index (κ1) is 25.1. The van der Waals surface area contributed by atoms with Crippen LogP contribution in [0.3, 0.4) is 0 Å². The number of guanidine groups is 1. The maximum atomic E-state index is 5.11. The molecular weight excluding hydrogens is 443 g/mol. The number of hydrogen-bond acceptors (Lipinski definition) is 4. The molecule has 0 saturated carbocycles. The second kappa shape index (κ2) is 12.5. The SMILES string of the molecule is COCCCNC(=NCc1nnc(C)n1C)NC(C)CCC(C)(C)C.I. The lowest BCUT2D eigenvalue weighted by Crippen LogP contribution is -2.43. The first-order valence-corrected chi connectivity index (χ1v) is 9.11. The molecule has 0 bridgehead atoms. The fraction of sp³-hybridized carbons (Fsp3) is 0.833. The molecule has 0 spiro atoms. The van der Waals surface area contributed by atoms with E-state index in [-0.39, 0.29) is 24.0 Å². The van der Waals surface area contributed by atoms with Gasteiger partial charge in [-0.1, -0.05) is 20.8 Å². The average molecular weight is 480 g/mol. The Balaban J connectivity index is 0.00000625. The van der Waals surface area contributed by atoms with Gasteiger partial charge in [0, 0.05) is 33.4 Å². The van der Waals surface area contributed by atoms with Crippen molar-refractivity contribution in [3.63, 3.8) is 0 Å². The number of ether oxygens (including phenoxy) is 1. The number of halogens is 1. The Morgan fingerprint density at radius 1 is 1.31 bits per heavy atom. The normalized spacial score (nSPS) is 13.3. The van der Waals surface area contributed by atoms with Crippen molar-refractivity contribution in [1.82, 2.24) is 25.4 Å². The number of nitrogens with zero attached hydrogens (tertiary/aromatic N) is 4. The minimum absolute atomic E-state index is 0. The molecule has 0 aromatic carbocycles. The van der Waals surface area contributed by atoms with Crippen LogP contribution < -0.4 is 10.6 Å². The molecule has 0 amide bonds. The van der Waals surface area contributed by atoms with E-state index in [4.69, 9.17) is 4.74 Å². The van der Waals surface area contributed by atoms with E-state index in [0.29, 0.717) is 18.0 Å². The number of aliphatic imine (C=N–C) groups is 1. The number of aromatic nitrogens is 3. The van der Waals surface area contributed by atoms with E-state index < -0.39 is 0 Å². The number of rotatable bonds is 9. The van der Waals surface area contributed by atoms with E-state index in [0.717, 1.165) is 43.6 Å². The predicted octanol–water partition coefficient (Wildman–Crippen LogP) is 3.03. The topological polar surface area (TPSA) is 76.4 Å². The molecule has 1 heterocycles. The summed E-state index contributed by atoms with van der Waals surface area (Å²) in [5, 5.41) is 15.1. The van der Waals surface area contributed by atoms with Crippen molar-refractivity contribution in [2.75, 3.05) is 20.3 Å². The van der Waals surface area contributed by atoms with Gasteiger partial charge in [0.1, 0.15) is 12.4 Å². The molecule has 152 valence electrons. The Hall–Kier alpha value is -0.900. The zero-order valence-corrected chi connectivity index (χ0v) is 19.8. The van der Waals surface area contributed by atoms with Crippen LogP contribution in [0, 0.1) is 12.3 Å². The van der Waals surface area contributed by atoms with Gasteiger partial charge < -0.3 is 19.9 Å². The molecule has 1 aromatic rings. The van der Waals surface area contributed by atoms with Crippen LogP contribution in [-0.4, -0.2) is 47.0 Å². The molecule has 26 heavy (non-hydrogen) atoms. The minimum atomic E-state index is 0. The van der Waals surface area contributed by atoms with Crippen molar-refractivity contribution in [2.45, 2.75) is 66.5 Å². The van der Waals surface area contributed by atoms with Crippen LogP contribution in [0.2, 0.25) is 0 Å².